The van der Waals surface area contributed by atoms with Crippen molar-refractivity contribution in [2.24, 2.45) is 0 Å². The minimum Gasteiger partial charge on any atom is -0.345 e. The fourth-order valence-electron chi connectivity index (χ4n) is 1.62. The first-order chi connectivity index (χ1) is 8.39. The summed E-state index contributed by atoms with van der Waals surface area (Å²) in [5.41, 5.74) is -0.129. The van der Waals surface area contributed by atoms with Gasteiger partial charge in [-0.1, -0.05) is 6.07 Å². The fourth-order valence-corrected chi connectivity index (χ4v) is 3.38. The van der Waals surface area contributed by atoms with E-state index in [0.29, 0.717) is 4.47 Å². The maximum absolute atomic E-state index is 13.5. The molecule has 4 nitrogen and oxygen atoms in total. The minimum atomic E-state index is -3.24. The molecule has 1 N–H and O–H groups in total. The highest BCUT2D eigenvalue weighted by Crippen LogP contribution is 2.20. The third kappa shape index (κ3) is 2.78. The number of carbonyl (C=O) groups excluding carboxylic acids is 1. The van der Waals surface area contributed by atoms with E-state index in [0.717, 1.165) is 5.41 Å². The highest BCUT2D eigenvalue weighted by atomic mass is 79.9. The summed E-state index contributed by atoms with van der Waals surface area (Å²) < 4.78 is 36.2. The van der Waals surface area contributed by atoms with Gasteiger partial charge in [-0.2, -0.15) is 0 Å². The van der Waals surface area contributed by atoms with Gasteiger partial charge in [0, 0.05) is 9.88 Å². The van der Waals surface area contributed by atoms with Gasteiger partial charge in [0.25, 0.3) is 5.91 Å². The Morgan fingerprint density at radius 2 is 2.17 bits per heavy atom. The molecule has 0 aromatic heterocycles. The van der Waals surface area contributed by atoms with Gasteiger partial charge in [-0.25, -0.2) is 12.8 Å². The molecule has 0 bridgehead atoms. The molecule has 1 aliphatic heterocycles. The smallest absolute Gasteiger partial charge is 0.255 e. The number of nitrogens with one attached hydrogen (secondary N) is 1. The normalized spacial score (nSPS) is 20.9. The van der Waals surface area contributed by atoms with E-state index in [1.165, 1.54) is 18.2 Å². The lowest BCUT2D eigenvalue weighted by Gasteiger charge is -2.11. The number of sulfone groups is 1. The lowest BCUT2D eigenvalue weighted by atomic mass is 10.2. The number of benzene rings is 1. The zero-order valence-corrected chi connectivity index (χ0v) is 11.5. The molecular formula is C11H9BrFNO3S. The van der Waals surface area contributed by atoms with Gasteiger partial charge >= 0.3 is 0 Å². The van der Waals surface area contributed by atoms with Crippen LogP contribution >= 0.6 is 15.9 Å². The SMILES string of the molecule is O=C(NC1C=CS(=O)(=O)C1)c1c(F)cccc1Br. The van der Waals surface area contributed by atoms with Crippen LogP contribution in [0.5, 0.6) is 0 Å². The Morgan fingerprint density at radius 3 is 2.72 bits per heavy atom. The fraction of sp³-hybridized carbons (Fsp3) is 0.182. The lowest BCUT2D eigenvalue weighted by Crippen LogP contribution is -2.36. The second kappa shape index (κ2) is 4.81. The van der Waals surface area contributed by atoms with Crippen molar-refractivity contribution in [3.63, 3.8) is 0 Å². The summed E-state index contributed by atoms with van der Waals surface area (Å²) >= 11 is 3.08. The molecule has 0 spiro atoms. The molecule has 0 aliphatic carbocycles. The van der Waals surface area contributed by atoms with Crippen LogP contribution in [-0.4, -0.2) is 26.1 Å². The molecule has 18 heavy (non-hydrogen) atoms. The monoisotopic (exact) mass is 333 g/mol. The van der Waals surface area contributed by atoms with Gasteiger partial charge in [0.1, 0.15) is 5.82 Å². The Labute approximate surface area is 112 Å². The van der Waals surface area contributed by atoms with Gasteiger partial charge in [-0.3, -0.25) is 4.79 Å². The maximum atomic E-state index is 13.5. The van der Waals surface area contributed by atoms with E-state index in [9.17, 15) is 17.6 Å². The lowest BCUT2D eigenvalue weighted by molar-refractivity contribution is 0.0943. The van der Waals surface area contributed by atoms with Gasteiger partial charge < -0.3 is 5.32 Å². The molecule has 1 atom stereocenters. The second-order valence-electron chi connectivity index (χ2n) is 3.83. The van der Waals surface area contributed by atoms with Crippen LogP contribution < -0.4 is 5.32 Å². The zero-order chi connectivity index (χ0) is 13.3. The molecule has 1 heterocycles. The van der Waals surface area contributed by atoms with Gasteiger partial charge in [0.2, 0.25) is 0 Å². The largest absolute Gasteiger partial charge is 0.345 e. The number of halogens is 2. The van der Waals surface area contributed by atoms with Crippen molar-refractivity contribution in [3.8, 4) is 0 Å². The third-order valence-corrected chi connectivity index (χ3v) is 4.49. The summed E-state index contributed by atoms with van der Waals surface area (Å²) in [5.74, 6) is -1.50. The average Bonchev–Trinajstić information content (AvgIpc) is 2.57. The second-order valence-corrected chi connectivity index (χ2v) is 6.62. The minimum absolute atomic E-state index is 0.129. The predicted molar refractivity (Wildman–Crippen MR) is 68.3 cm³/mol. The summed E-state index contributed by atoms with van der Waals surface area (Å²) in [6.07, 6.45) is 1.38. The Kier molecular flexibility index (Phi) is 3.54. The van der Waals surface area contributed by atoms with E-state index < -0.39 is 27.6 Å². The summed E-state index contributed by atoms with van der Waals surface area (Å²) in [4.78, 5) is 11.8. The molecule has 0 fully saturated rings. The van der Waals surface area contributed by atoms with Gasteiger partial charge in [-0.05, 0) is 34.1 Å². The molecule has 1 aromatic rings. The number of hydrogen-bond donors (Lipinski definition) is 1. The molecule has 1 aromatic carbocycles. The van der Waals surface area contributed by atoms with Crippen molar-refractivity contribution in [1.82, 2.24) is 5.32 Å². The number of carbonyl (C=O) groups is 1. The predicted octanol–water partition coefficient (Wildman–Crippen LogP) is 1.63. The van der Waals surface area contributed by atoms with E-state index in [4.69, 9.17) is 0 Å². The Balaban J connectivity index is 2.17. The van der Waals surface area contributed by atoms with Gasteiger partial charge in [-0.15, -0.1) is 0 Å². The van der Waals surface area contributed by atoms with Crippen LogP contribution in [0.1, 0.15) is 10.4 Å². The van der Waals surface area contributed by atoms with Crippen LogP contribution in [0, 0.1) is 5.82 Å². The molecule has 96 valence electrons. The molecule has 0 radical (unpaired) electrons. The molecule has 1 amide bonds. The average molecular weight is 334 g/mol. The standard InChI is InChI=1S/C11H9BrFNO3S/c12-8-2-1-3-9(13)10(8)11(15)14-7-4-5-18(16,17)6-7/h1-5,7H,6H2,(H,14,15). The summed E-state index contributed by atoms with van der Waals surface area (Å²) in [6.45, 7) is 0. The van der Waals surface area contributed by atoms with E-state index in [2.05, 4.69) is 21.2 Å². The molecule has 0 saturated carbocycles. The summed E-state index contributed by atoms with van der Waals surface area (Å²) in [5, 5.41) is 3.51. The highest BCUT2D eigenvalue weighted by molar-refractivity contribution is 9.10. The number of amides is 1. The van der Waals surface area contributed by atoms with Crippen molar-refractivity contribution in [3.05, 3.63) is 45.5 Å². The van der Waals surface area contributed by atoms with Crippen LogP contribution in [0.2, 0.25) is 0 Å². The van der Waals surface area contributed by atoms with Crippen LogP contribution in [-0.2, 0) is 9.84 Å². The zero-order valence-electron chi connectivity index (χ0n) is 9.06. The summed E-state index contributed by atoms with van der Waals surface area (Å²) in [7, 11) is -3.24. The van der Waals surface area contributed by atoms with Crippen LogP contribution in [0.15, 0.2) is 34.2 Å². The summed E-state index contributed by atoms with van der Waals surface area (Å²) in [6, 6.07) is 3.56. The van der Waals surface area contributed by atoms with Crippen LogP contribution in [0.4, 0.5) is 4.39 Å². The van der Waals surface area contributed by atoms with Crippen molar-refractivity contribution >= 4 is 31.7 Å². The van der Waals surface area contributed by atoms with Gasteiger partial charge in [0.05, 0.1) is 17.4 Å². The van der Waals surface area contributed by atoms with Crippen molar-refractivity contribution in [2.45, 2.75) is 6.04 Å². The Morgan fingerprint density at radius 1 is 1.44 bits per heavy atom. The first kappa shape index (κ1) is 13.2. The van der Waals surface area contributed by atoms with E-state index in [-0.39, 0.29) is 11.3 Å². The van der Waals surface area contributed by atoms with E-state index >= 15 is 0 Å². The topological polar surface area (TPSA) is 63.2 Å². The van der Waals surface area contributed by atoms with Crippen molar-refractivity contribution < 1.29 is 17.6 Å². The first-order valence-electron chi connectivity index (χ1n) is 5.05. The molecule has 1 unspecified atom stereocenters. The molecule has 2 rings (SSSR count). The Bertz CT molecular complexity index is 607. The third-order valence-electron chi connectivity index (χ3n) is 2.44. The van der Waals surface area contributed by atoms with Crippen molar-refractivity contribution in [2.75, 3.05) is 5.75 Å². The van der Waals surface area contributed by atoms with Crippen LogP contribution in [0.25, 0.3) is 0 Å². The molecule has 7 heteroatoms. The Hall–Kier alpha value is -1.21. The number of rotatable bonds is 2. The first-order valence-corrected chi connectivity index (χ1v) is 7.56. The van der Waals surface area contributed by atoms with E-state index in [1.54, 1.807) is 6.07 Å². The van der Waals surface area contributed by atoms with Crippen LogP contribution in [0.3, 0.4) is 0 Å². The maximum Gasteiger partial charge on any atom is 0.255 e. The quantitative estimate of drug-likeness (QED) is 0.894. The number of hydrogen-bond acceptors (Lipinski definition) is 3. The molecule has 1 aliphatic rings. The van der Waals surface area contributed by atoms with E-state index in [1.807, 2.05) is 0 Å². The molecular weight excluding hydrogens is 325 g/mol. The molecule has 0 saturated heterocycles. The van der Waals surface area contributed by atoms with Crippen molar-refractivity contribution in [1.29, 1.82) is 0 Å². The van der Waals surface area contributed by atoms with Gasteiger partial charge in [0.15, 0.2) is 9.84 Å². The highest BCUT2D eigenvalue weighted by Gasteiger charge is 2.25.